The SMILES string of the molecule is CNCC(=O)NC1CCC[C@H]1NC(=O)/C(C)=C1\NC(=O)N(c2ccc(Oc3ccccc3)cc2C)c2ccnc(C)c21. The number of nitrogens with zero attached hydrogens (tertiary/aromatic N) is 2. The molecule has 218 valence electrons. The number of hydrogen-bond donors (Lipinski definition) is 4. The van der Waals surface area contributed by atoms with E-state index in [1.54, 1.807) is 31.1 Å². The minimum absolute atomic E-state index is 0.107. The van der Waals surface area contributed by atoms with Crippen LogP contribution in [0.2, 0.25) is 0 Å². The number of likely N-dealkylation sites (N-methyl/N-ethyl adjacent to an activating group) is 1. The lowest BCUT2D eigenvalue weighted by atomic mass is 9.99. The summed E-state index contributed by atoms with van der Waals surface area (Å²) in [5.74, 6) is 0.974. The van der Waals surface area contributed by atoms with E-state index in [-0.39, 0.29) is 36.5 Å². The molecule has 4 amide bonds. The number of benzene rings is 2. The molecular formula is C32H36N6O4. The molecule has 42 heavy (non-hydrogen) atoms. The van der Waals surface area contributed by atoms with E-state index in [9.17, 15) is 14.4 Å². The predicted molar refractivity (Wildman–Crippen MR) is 162 cm³/mol. The molecule has 0 radical (unpaired) electrons. The van der Waals surface area contributed by atoms with Gasteiger partial charge in [-0.2, -0.15) is 0 Å². The van der Waals surface area contributed by atoms with Gasteiger partial charge in [-0.1, -0.05) is 18.2 Å². The van der Waals surface area contributed by atoms with Crippen LogP contribution in [0.4, 0.5) is 16.2 Å². The van der Waals surface area contributed by atoms with Crippen LogP contribution in [0.25, 0.3) is 5.70 Å². The second-order valence-electron chi connectivity index (χ2n) is 10.6. The lowest BCUT2D eigenvalue weighted by Gasteiger charge is -2.34. The molecule has 0 saturated heterocycles. The fraction of sp³-hybridized carbons (Fsp3) is 0.312. The van der Waals surface area contributed by atoms with Crippen molar-refractivity contribution in [3.05, 3.63) is 83.2 Å². The molecule has 1 aliphatic heterocycles. The van der Waals surface area contributed by atoms with Gasteiger partial charge in [0.15, 0.2) is 0 Å². The molecule has 2 heterocycles. The first-order valence-corrected chi connectivity index (χ1v) is 14.1. The molecule has 4 N–H and O–H groups in total. The van der Waals surface area contributed by atoms with Crippen LogP contribution in [-0.4, -0.2) is 48.5 Å². The summed E-state index contributed by atoms with van der Waals surface area (Å²) >= 11 is 0. The van der Waals surface area contributed by atoms with Crippen molar-refractivity contribution in [2.24, 2.45) is 0 Å². The largest absolute Gasteiger partial charge is 0.457 e. The summed E-state index contributed by atoms with van der Waals surface area (Å²) in [7, 11) is 1.72. The van der Waals surface area contributed by atoms with Gasteiger partial charge in [0.2, 0.25) is 11.8 Å². The van der Waals surface area contributed by atoms with Crippen molar-refractivity contribution in [3.63, 3.8) is 0 Å². The molecule has 10 heteroatoms. The van der Waals surface area contributed by atoms with Gasteiger partial charge in [0.1, 0.15) is 11.5 Å². The number of nitrogens with one attached hydrogen (secondary N) is 4. The number of urea groups is 1. The molecule has 10 nitrogen and oxygen atoms in total. The van der Waals surface area contributed by atoms with Gasteiger partial charge in [0.05, 0.1) is 23.6 Å². The summed E-state index contributed by atoms with van der Waals surface area (Å²) in [5.41, 5.74) is 4.31. The monoisotopic (exact) mass is 568 g/mol. The number of carbonyl (C=O) groups is 3. The number of amides is 4. The summed E-state index contributed by atoms with van der Waals surface area (Å²) in [5, 5.41) is 11.9. The molecule has 2 aliphatic rings. The lowest BCUT2D eigenvalue weighted by molar-refractivity contribution is -0.122. The second kappa shape index (κ2) is 12.4. The van der Waals surface area contributed by atoms with E-state index in [0.29, 0.717) is 39.7 Å². The standard InChI is InChI=1S/C32H36N6O4/c1-19-17-23(42-22-9-6-5-7-10-22)13-14-26(19)38-27-15-16-34-21(3)29(27)30(37-32(38)41)20(2)31(40)36-25-12-8-11-24(25)35-28(39)18-33-4/h5-7,9-10,13-17,24-25,33H,8,11-12,18H2,1-4H3,(H,35,39)(H,36,40)(H,37,41)/b30-20-/t24?,25-/m1/s1. The minimum atomic E-state index is -0.381. The summed E-state index contributed by atoms with van der Waals surface area (Å²) in [6.07, 6.45) is 4.12. The molecule has 1 aliphatic carbocycles. The van der Waals surface area contributed by atoms with Crippen molar-refractivity contribution in [1.29, 1.82) is 0 Å². The molecule has 2 atom stereocenters. The lowest BCUT2D eigenvalue weighted by Crippen LogP contribution is -2.50. The normalized spacial score (nSPS) is 19.0. The Morgan fingerprint density at radius 2 is 1.74 bits per heavy atom. The smallest absolute Gasteiger partial charge is 0.331 e. The number of aryl methyl sites for hydroxylation is 2. The van der Waals surface area contributed by atoms with E-state index in [1.165, 1.54) is 0 Å². The van der Waals surface area contributed by atoms with Gasteiger partial charge in [0, 0.05) is 35.1 Å². The third kappa shape index (κ3) is 5.99. The molecule has 0 spiro atoms. The number of carbonyl (C=O) groups excluding carboxylic acids is 3. The van der Waals surface area contributed by atoms with Crippen LogP contribution in [0.5, 0.6) is 11.5 Å². The van der Waals surface area contributed by atoms with Gasteiger partial charge >= 0.3 is 6.03 Å². The fourth-order valence-electron chi connectivity index (χ4n) is 5.58. The number of anilines is 2. The quantitative estimate of drug-likeness (QED) is 0.298. The molecule has 1 saturated carbocycles. The number of ether oxygens (including phenoxy) is 1. The highest BCUT2D eigenvalue weighted by molar-refractivity contribution is 6.14. The average Bonchev–Trinajstić information content (AvgIpc) is 3.39. The first-order chi connectivity index (χ1) is 20.3. The van der Waals surface area contributed by atoms with Crippen molar-refractivity contribution in [2.45, 2.75) is 52.1 Å². The molecular weight excluding hydrogens is 532 g/mol. The Bertz CT molecular complexity index is 1540. The Balaban J connectivity index is 1.42. The molecule has 1 fully saturated rings. The summed E-state index contributed by atoms with van der Waals surface area (Å²) in [6.45, 7) is 5.69. The van der Waals surface area contributed by atoms with Crippen LogP contribution in [0.15, 0.2) is 66.4 Å². The van der Waals surface area contributed by atoms with Crippen LogP contribution in [0.3, 0.4) is 0 Å². The van der Waals surface area contributed by atoms with Crippen LogP contribution >= 0.6 is 0 Å². The van der Waals surface area contributed by atoms with Crippen LogP contribution in [-0.2, 0) is 9.59 Å². The Morgan fingerprint density at radius 3 is 2.45 bits per heavy atom. The zero-order valence-corrected chi connectivity index (χ0v) is 24.3. The summed E-state index contributed by atoms with van der Waals surface area (Å²) in [6, 6.07) is 16.1. The third-order valence-corrected chi connectivity index (χ3v) is 7.66. The number of pyridine rings is 1. The highest BCUT2D eigenvalue weighted by Crippen LogP contribution is 2.40. The Hall–Kier alpha value is -4.70. The van der Waals surface area contributed by atoms with Gasteiger partial charge in [0.25, 0.3) is 0 Å². The van der Waals surface area contributed by atoms with E-state index in [0.717, 1.165) is 30.6 Å². The number of fused-ring (bicyclic) bond motifs is 1. The molecule has 3 aromatic rings. The fourth-order valence-corrected chi connectivity index (χ4v) is 5.58. The summed E-state index contributed by atoms with van der Waals surface area (Å²) in [4.78, 5) is 45.3. The second-order valence-corrected chi connectivity index (χ2v) is 10.6. The summed E-state index contributed by atoms with van der Waals surface area (Å²) < 4.78 is 5.98. The molecule has 5 rings (SSSR count). The van der Waals surface area contributed by atoms with E-state index >= 15 is 0 Å². The minimum Gasteiger partial charge on any atom is -0.457 e. The average molecular weight is 569 g/mol. The highest BCUT2D eigenvalue weighted by atomic mass is 16.5. The van der Waals surface area contributed by atoms with Crippen LogP contribution < -0.4 is 30.9 Å². The van der Waals surface area contributed by atoms with Crippen molar-refractivity contribution >= 4 is 34.9 Å². The van der Waals surface area contributed by atoms with Crippen molar-refractivity contribution in [1.82, 2.24) is 26.3 Å². The zero-order chi connectivity index (χ0) is 29.8. The number of para-hydroxylation sites is 1. The molecule has 1 aromatic heterocycles. The van der Waals surface area contributed by atoms with Crippen molar-refractivity contribution < 1.29 is 19.1 Å². The van der Waals surface area contributed by atoms with Crippen molar-refractivity contribution in [2.75, 3.05) is 18.5 Å². The van der Waals surface area contributed by atoms with Crippen LogP contribution in [0.1, 0.15) is 43.0 Å². The highest BCUT2D eigenvalue weighted by Gasteiger charge is 2.35. The van der Waals surface area contributed by atoms with E-state index in [1.807, 2.05) is 62.4 Å². The maximum absolute atomic E-state index is 13.7. The maximum atomic E-state index is 13.7. The van der Waals surface area contributed by atoms with Crippen LogP contribution in [0, 0.1) is 13.8 Å². The van der Waals surface area contributed by atoms with Gasteiger partial charge in [-0.15, -0.1) is 0 Å². The number of hydrogen-bond acceptors (Lipinski definition) is 6. The topological polar surface area (TPSA) is 125 Å². The molecule has 2 aromatic carbocycles. The molecule has 0 bridgehead atoms. The number of rotatable bonds is 8. The Labute approximate surface area is 245 Å². The maximum Gasteiger partial charge on any atom is 0.331 e. The third-order valence-electron chi connectivity index (χ3n) is 7.66. The Morgan fingerprint density at radius 1 is 1.00 bits per heavy atom. The number of aromatic nitrogens is 1. The van der Waals surface area contributed by atoms with E-state index in [4.69, 9.17) is 4.74 Å². The van der Waals surface area contributed by atoms with E-state index in [2.05, 4.69) is 26.3 Å². The van der Waals surface area contributed by atoms with Gasteiger partial charge in [-0.3, -0.25) is 19.5 Å². The van der Waals surface area contributed by atoms with Gasteiger partial charge in [-0.05, 0) is 89.0 Å². The first-order valence-electron chi connectivity index (χ1n) is 14.1. The predicted octanol–water partition coefficient (Wildman–Crippen LogP) is 4.46. The van der Waals surface area contributed by atoms with Gasteiger partial charge in [-0.25, -0.2) is 4.79 Å². The van der Waals surface area contributed by atoms with E-state index < -0.39 is 0 Å². The Kier molecular flexibility index (Phi) is 8.53. The zero-order valence-electron chi connectivity index (χ0n) is 24.3. The first kappa shape index (κ1) is 28.8. The van der Waals surface area contributed by atoms with Gasteiger partial charge < -0.3 is 26.0 Å². The molecule has 1 unspecified atom stereocenters. The van der Waals surface area contributed by atoms with Crippen molar-refractivity contribution in [3.8, 4) is 11.5 Å².